The highest BCUT2D eigenvalue weighted by Crippen LogP contribution is 2.28. The molecule has 29 heavy (non-hydrogen) atoms. The molecule has 1 aliphatic rings. The monoisotopic (exact) mass is 406 g/mol. The van der Waals surface area contributed by atoms with E-state index in [0.29, 0.717) is 31.4 Å². The van der Waals surface area contributed by atoms with Gasteiger partial charge in [-0.25, -0.2) is 9.18 Å². The lowest BCUT2D eigenvalue weighted by molar-refractivity contribution is -0.134. The molecule has 1 fully saturated rings. The number of primary amides is 1. The van der Waals surface area contributed by atoms with Gasteiger partial charge in [0, 0.05) is 18.7 Å². The van der Waals surface area contributed by atoms with Crippen LogP contribution in [0.3, 0.4) is 0 Å². The van der Waals surface area contributed by atoms with Crippen LogP contribution in [0.4, 0.5) is 14.9 Å². The quantitative estimate of drug-likeness (QED) is 0.578. The van der Waals surface area contributed by atoms with Gasteiger partial charge < -0.3 is 16.0 Å². The molecule has 0 atom stereocenters. The zero-order chi connectivity index (χ0) is 21.6. The number of hydrogen-bond acceptors (Lipinski definition) is 4. The molecule has 0 aliphatic carbocycles. The Kier molecular flexibility index (Phi) is 7.30. The van der Waals surface area contributed by atoms with E-state index >= 15 is 0 Å². The van der Waals surface area contributed by atoms with E-state index in [1.54, 1.807) is 0 Å². The Morgan fingerprint density at radius 3 is 2.24 bits per heavy atom. The molecule has 9 heteroatoms. The van der Waals surface area contributed by atoms with Crippen molar-refractivity contribution in [2.45, 2.75) is 51.5 Å². The van der Waals surface area contributed by atoms with Gasteiger partial charge in [0.25, 0.3) is 5.91 Å². The minimum absolute atomic E-state index is 0.0431. The average Bonchev–Trinajstić information content (AvgIpc) is 2.88. The SMILES string of the molecule is CCCC1(CCC)NC(=O)N(CC(=O)N(CCC(N)=O)c2ccc(F)cc2)C1=O. The molecule has 2 rings (SSSR count). The molecule has 158 valence electrons. The lowest BCUT2D eigenvalue weighted by Crippen LogP contribution is -2.48. The number of nitrogens with one attached hydrogen (secondary N) is 1. The highest BCUT2D eigenvalue weighted by molar-refractivity contribution is 6.10. The lowest BCUT2D eigenvalue weighted by Gasteiger charge is -2.27. The van der Waals surface area contributed by atoms with Gasteiger partial charge in [-0.2, -0.15) is 0 Å². The van der Waals surface area contributed by atoms with Crippen molar-refractivity contribution < 1.29 is 23.6 Å². The van der Waals surface area contributed by atoms with Crippen LogP contribution in [-0.2, 0) is 14.4 Å². The predicted molar refractivity (Wildman–Crippen MR) is 105 cm³/mol. The second kappa shape index (κ2) is 9.49. The molecule has 0 bridgehead atoms. The summed E-state index contributed by atoms with van der Waals surface area (Å²) in [5.41, 5.74) is 4.54. The first-order valence-corrected chi connectivity index (χ1v) is 9.72. The maximum Gasteiger partial charge on any atom is 0.325 e. The van der Waals surface area contributed by atoms with E-state index in [-0.39, 0.29) is 13.0 Å². The predicted octanol–water partition coefficient (Wildman–Crippen LogP) is 1.92. The van der Waals surface area contributed by atoms with Gasteiger partial charge in [0.2, 0.25) is 11.8 Å². The number of urea groups is 1. The number of nitrogens with two attached hydrogens (primary N) is 1. The topological polar surface area (TPSA) is 113 Å². The third kappa shape index (κ3) is 5.10. The van der Waals surface area contributed by atoms with Crippen molar-refractivity contribution >= 4 is 29.4 Å². The van der Waals surface area contributed by atoms with Crippen molar-refractivity contribution in [2.75, 3.05) is 18.0 Å². The Hall–Kier alpha value is -2.97. The Bertz CT molecular complexity index is 775. The third-order valence-corrected chi connectivity index (χ3v) is 4.91. The van der Waals surface area contributed by atoms with Crippen molar-refractivity contribution in [1.82, 2.24) is 10.2 Å². The summed E-state index contributed by atoms with van der Waals surface area (Å²) in [5, 5.41) is 2.75. The molecule has 8 nitrogen and oxygen atoms in total. The minimum atomic E-state index is -0.991. The van der Waals surface area contributed by atoms with E-state index in [9.17, 15) is 23.6 Å². The van der Waals surface area contributed by atoms with E-state index in [1.165, 1.54) is 29.2 Å². The summed E-state index contributed by atoms with van der Waals surface area (Å²) in [5.74, 6) is -2.07. The molecule has 0 spiro atoms. The van der Waals surface area contributed by atoms with Crippen molar-refractivity contribution in [3.8, 4) is 0 Å². The number of anilines is 1. The second-order valence-electron chi connectivity index (χ2n) is 7.14. The van der Waals surface area contributed by atoms with Gasteiger partial charge in [-0.1, -0.05) is 26.7 Å². The Labute approximate surface area is 169 Å². The van der Waals surface area contributed by atoms with Gasteiger partial charge in [0.15, 0.2) is 0 Å². The van der Waals surface area contributed by atoms with Crippen LogP contribution in [0.15, 0.2) is 24.3 Å². The molecule has 1 aromatic carbocycles. The van der Waals surface area contributed by atoms with E-state index in [2.05, 4.69) is 5.32 Å². The molecule has 1 aromatic rings. The Morgan fingerprint density at radius 2 is 1.72 bits per heavy atom. The van der Waals surface area contributed by atoms with Crippen molar-refractivity contribution in [3.05, 3.63) is 30.1 Å². The molecule has 5 amide bonds. The first-order chi connectivity index (χ1) is 13.7. The molecule has 0 unspecified atom stereocenters. The fourth-order valence-electron chi connectivity index (χ4n) is 3.60. The molecule has 0 saturated carbocycles. The van der Waals surface area contributed by atoms with Crippen LogP contribution in [0.1, 0.15) is 46.0 Å². The van der Waals surface area contributed by atoms with Crippen LogP contribution in [-0.4, -0.2) is 47.3 Å². The largest absolute Gasteiger partial charge is 0.370 e. The Balaban J connectivity index is 2.23. The molecular formula is C20H27FN4O4. The number of carbonyl (C=O) groups is 4. The summed E-state index contributed by atoms with van der Waals surface area (Å²) in [4.78, 5) is 51.7. The number of benzene rings is 1. The van der Waals surface area contributed by atoms with Gasteiger partial charge in [-0.05, 0) is 37.1 Å². The zero-order valence-corrected chi connectivity index (χ0v) is 16.7. The van der Waals surface area contributed by atoms with Crippen molar-refractivity contribution in [1.29, 1.82) is 0 Å². The fraction of sp³-hybridized carbons (Fsp3) is 0.500. The smallest absolute Gasteiger partial charge is 0.325 e. The summed E-state index contributed by atoms with van der Waals surface area (Å²) >= 11 is 0. The number of imide groups is 1. The number of nitrogens with zero attached hydrogens (tertiary/aromatic N) is 2. The third-order valence-electron chi connectivity index (χ3n) is 4.91. The van der Waals surface area contributed by atoms with Gasteiger partial charge in [-0.3, -0.25) is 19.3 Å². The van der Waals surface area contributed by atoms with Crippen LogP contribution >= 0.6 is 0 Å². The van der Waals surface area contributed by atoms with Crippen LogP contribution in [0.5, 0.6) is 0 Å². The highest BCUT2D eigenvalue weighted by Gasteiger charge is 2.50. The number of amides is 5. The van der Waals surface area contributed by atoms with E-state index < -0.39 is 41.7 Å². The van der Waals surface area contributed by atoms with E-state index in [1.807, 2.05) is 13.8 Å². The molecule has 3 N–H and O–H groups in total. The summed E-state index contributed by atoms with van der Waals surface area (Å²) in [7, 11) is 0. The minimum Gasteiger partial charge on any atom is -0.370 e. The van der Waals surface area contributed by atoms with Crippen LogP contribution in [0.2, 0.25) is 0 Å². The first-order valence-electron chi connectivity index (χ1n) is 9.72. The summed E-state index contributed by atoms with van der Waals surface area (Å²) < 4.78 is 13.2. The number of rotatable bonds is 10. The van der Waals surface area contributed by atoms with Gasteiger partial charge in [0.05, 0.1) is 0 Å². The standard InChI is InChI=1S/C20H27FN4O4/c1-3-10-20(11-4-2)18(28)25(19(29)23-20)13-17(27)24(12-9-16(22)26)15-7-5-14(21)6-8-15/h5-8H,3-4,9-13H2,1-2H3,(H2,22,26)(H,23,29). The molecule has 1 heterocycles. The van der Waals surface area contributed by atoms with Gasteiger partial charge in [-0.15, -0.1) is 0 Å². The summed E-state index contributed by atoms with van der Waals surface area (Å²) in [6.07, 6.45) is 2.26. The molecular weight excluding hydrogens is 379 g/mol. The summed E-state index contributed by atoms with van der Waals surface area (Å²) in [6, 6.07) is 4.53. The van der Waals surface area contributed by atoms with Crippen LogP contribution in [0, 0.1) is 5.82 Å². The normalized spacial score (nSPS) is 15.3. The van der Waals surface area contributed by atoms with E-state index in [0.717, 1.165) is 4.90 Å². The van der Waals surface area contributed by atoms with Crippen LogP contribution < -0.4 is 16.0 Å². The van der Waals surface area contributed by atoms with Crippen molar-refractivity contribution in [2.24, 2.45) is 5.73 Å². The van der Waals surface area contributed by atoms with Gasteiger partial charge >= 0.3 is 6.03 Å². The maximum atomic E-state index is 13.2. The van der Waals surface area contributed by atoms with Gasteiger partial charge in [0.1, 0.15) is 17.9 Å². The summed E-state index contributed by atoms with van der Waals surface area (Å²) in [6.45, 7) is 3.32. The first kappa shape index (κ1) is 22.3. The molecule has 1 saturated heterocycles. The number of halogens is 1. The molecule has 1 aliphatic heterocycles. The number of hydrogen-bond donors (Lipinski definition) is 2. The zero-order valence-electron chi connectivity index (χ0n) is 16.7. The molecule has 0 radical (unpaired) electrons. The fourth-order valence-corrected chi connectivity index (χ4v) is 3.60. The number of carbonyl (C=O) groups excluding carboxylic acids is 4. The average molecular weight is 406 g/mol. The van der Waals surface area contributed by atoms with Crippen molar-refractivity contribution in [3.63, 3.8) is 0 Å². The molecule has 0 aromatic heterocycles. The highest BCUT2D eigenvalue weighted by atomic mass is 19.1. The Morgan fingerprint density at radius 1 is 1.14 bits per heavy atom. The lowest BCUT2D eigenvalue weighted by atomic mass is 9.88. The van der Waals surface area contributed by atoms with E-state index in [4.69, 9.17) is 5.73 Å². The second-order valence-corrected chi connectivity index (χ2v) is 7.14. The van der Waals surface area contributed by atoms with Crippen LogP contribution in [0.25, 0.3) is 0 Å². The maximum absolute atomic E-state index is 13.2.